The number of benzene rings is 1. The maximum atomic E-state index is 13.5. The quantitative estimate of drug-likeness (QED) is 0.629. The van der Waals surface area contributed by atoms with Crippen LogP contribution >= 0.6 is 0 Å². The van der Waals surface area contributed by atoms with E-state index in [-0.39, 0.29) is 23.9 Å². The minimum absolute atomic E-state index is 0.00416. The number of hydrogen-bond acceptors (Lipinski definition) is 4. The van der Waals surface area contributed by atoms with Crippen molar-refractivity contribution in [1.82, 2.24) is 15.2 Å². The van der Waals surface area contributed by atoms with Crippen LogP contribution in [0.1, 0.15) is 41.0 Å². The first-order chi connectivity index (χ1) is 10.6. The second kappa shape index (κ2) is 6.17. The smallest absolute Gasteiger partial charge is 0.170 e. The molecule has 0 aliphatic heterocycles. The first-order valence-corrected chi connectivity index (χ1v) is 7.32. The standard InChI is InChI=1S/C16H16FN3O2/c17-12-4-5-13(15(22)8-14(21)10-1-2-10)11(7-12)3-6-16-18-9-19-20-16/h4-5,7,9-10H,1-3,6,8H2,(H,18,19,20). The normalized spacial score (nSPS) is 14.0. The minimum Gasteiger partial charge on any atom is -0.299 e. The molecule has 1 saturated carbocycles. The van der Waals surface area contributed by atoms with E-state index in [2.05, 4.69) is 15.2 Å². The number of halogens is 1. The van der Waals surface area contributed by atoms with Gasteiger partial charge in [-0.3, -0.25) is 14.7 Å². The molecule has 0 atom stereocenters. The fourth-order valence-corrected chi connectivity index (χ4v) is 2.45. The van der Waals surface area contributed by atoms with E-state index < -0.39 is 5.82 Å². The highest BCUT2D eigenvalue weighted by molar-refractivity contribution is 6.09. The average molecular weight is 301 g/mol. The molecule has 2 aromatic rings. The Morgan fingerprint density at radius 2 is 2.09 bits per heavy atom. The summed E-state index contributed by atoms with van der Waals surface area (Å²) in [6.07, 6.45) is 4.07. The number of hydrogen-bond donors (Lipinski definition) is 1. The zero-order valence-corrected chi connectivity index (χ0v) is 12.0. The molecule has 1 aromatic carbocycles. The van der Waals surface area contributed by atoms with Crippen molar-refractivity contribution in [2.45, 2.75) is 32.1 Å². The van der Waals surface area contributed by atoms with Crippen LogP contribution in [-0.2, 0) is 17.6 Å². The lowest BCUT2D eigenvalue weighted by atomic mass is 9.96. The summed E-state index contributed by atoms with van der Waals surface area (Å²) in [4.78, 5) is 28.1. The third kappa shape index (κ3) is 3.44. The van der Waals surface area contributed by atoms with Crippen molar-refractivity contribution in [1.29, 1.82) is 0 Å². The lowest BCUT2D eigenvalue weighted by molar-refractivity contribution is -0.119. The first kappa shape index (κ1) is 14.6. The number of carbonyl (C=O) groups is 2. The molecule has 0 amide bonds. The Morgan fingerprint density at radius 1 is 1.27 bits per heavy atom. The molecule has 1 aliphatic rings. The van der Waals surface area contributed by atoms with Crippen LogP contribution in [0.25, 0.3) is 0 Å². The molecule has 1 N–H and O–H groups in total. The number of aromatic nitrogens is 3. The number of nitrogens with one attached hydrogen (secondary N) is 1. The average Bonchev–Trinajstić information content (AvgIpc) is 3.22. The Hall–Kier alpha value is -2.37. The van der Waals surface area contributed by atoms with Crippen LogP contribution in [0.4, 0.5) is 4.39 Å². The molecule has 1 aliphatic carbocycles. The topological polar surface area (TPSA) is 75.7 Å². The lowest BCUT2D eigenvalue weighted by Crippen LogP contribution is -2.12. The van der Waals surface area contributed by atoms with Crippen LogP contribution < -0.4 is 0 Å². The van der Waals surface area contributed by atoms with Crippen LogP contribution in [0, 0.1) is 11.7 Å². The molecule has 22 heavy (non-hydrogen) atoms. The van der Waals surface area contributed by atoms with Gasteiger partial charge in [-0.1, -0.05) is 0 Å². The first-order valence-electron chi connectivity index (χ1n) is 7.32. The molecule has 5 nitrogen and oxygen atoms in total. The van der Waals surface area contributed by atoms with E-state index >= 15 is 0 Å². The van der Waals surface area contributed by atoms with Gasteiger partial charge < -0.3 is 0 Å². The summed E-state index contributed by atoms with van der Waals surface area (Å²) in [7, 11) is 0. The Labute approximate surface area is 127 Å². The van der Waals surface area contributed by atoms with E-state index in [0.717, 1.165) is 12.8 Å². The predicted molar refractivity (Wildman–Crippen MR) is 76.9 cm³/mol. The number of aromatic amines is 1. The molecule has 0 bridgehead atoms. The van der Waals surface area contributed by atoms with Gasteiger partial charge in [0.1, 0.15) is 23.8 Å². The zero-order valence-electron chi connectivity index (χ0n) is 12.0. The van der Waals surface area contributed by atoms with Gasteiger partial charge in [0.25, 0.3) is 0 Å². The van der Waals surface area contributed by atoms with E-state index in [9.17, 15) is 14.0 Å². The summed E-state index contributed by atoms with van der Waals surface area (Å²) < 4.78 is 13.5. The van der Waals surface area contributed by atoms with E-state index in [4.69, 9.17) is 0 Å². The number of rotatable bonds is 7. The third-order valence-corrected chi connectivity index (χ3v) is 3.83. The van der Waals surface area contributed by atoms with E-state index in [1.54, 1.807) is 0 Å². The van der Waals surface area contributed by atoms with Gasteiger partial charge in [0, 0.05) is 17.9 Å². The van der Waals surface area contributed by atoms with Crippen LogP contribution in [0.2, 0.25) is 0 Å². The molecule has 6 heteroatoms. The van der Waals surface area contributed by atoms with Crippen LogP contribution in [0.5, 0.6) is 0 Å². The van der Waals surface area contributed by atoms with Crippen LogP contribution in [0.15, 0.2) is 24.5 Å². The molecule has 0 spiro atoms. The number of ketones is 2. The Morgan fingerprint density at radius 3 is 2.77 bits per heavy atom. The van der Waals surface area contributed by atoms with Crippen molar-refractivity contribution < 1.29 is 14.0 Å². The maximum absolute atomic E-state index is 13.5. The Balaban J connectivity index is 1.74. The maximum Gasteiger partial charge on any atom is 0.170 e. The SMILES string of the molecule is O=C(CC(=O)C1CC1)c1ccc(F)cc1CCc1ncn[nH]1. The van der Waals surface area contributed by atoms with Gasteiger partial charge in [-0.25, -0.2) is 9.37 Å². The third-order valence-electron chi connectivity index (χ3n) is 3.83. The molecule has 1 fully saturated rings. The highest BCUT2D eigenvalue weighted by atomic mass is 19.1. The van der Waals surface area contributed by atoms with Gasteiger partial charge >= 0.3 is 0 Å². The van der Waals surface area contributed by atoms with Gasteiger partial charge in [0.2, 0.25) is 0 Å². The van der Waals surface area contributed by atoms with Gasteiger partial charge in [-0.2, -0.15) is 5.10 Å². The largest absolute Gasteiger partial charge is 0.299 e. The second-order valence-electron chi connectivity index (χ2n) is 5.57. The lowest BCUT2D eigenvalue weighted by Gasteiger charge is -2.08. The number of H-pyrrole nitrogens is 1. The van der Waals surface area contributed by atoms with E-state index in [1.165, 1.54) is 24.5 Å². The summed E-state index contributed by atoms with van der Waals surface area (Å²) in [5.41, 5.74) is 1.03. The van der Waals surface area contributed by atoms with Crippen molar-refractivity contribution in [3.63, 3.8) is 0 Å². The Bertz CT molecular complexity index is 693. The van der Waals surface area contributed by atoms with Crippen LogP contribution in [-0.4, -0.2) is 26.7 Å². The van der Waals surface area contributed by atoms with Gasteiger partial charge in [-0.15, -0.1) is 0 Å². The fraction of sp³-hybridized carbons (Fsp3) is 0.375. The molecular weight excluding hydrogens is 285 g/mol. The molecule has 0 radical (unpaired) electrons. The van der Waals surface area contributed by atoms with Crippen molar-refractivity contribution in [3.8, 4) is 0 Å². The highest BCUT2D eigenvalue weighted by Gasteiger charge is 2.31. The number of nitrogens with zero attached hydrogens (tertiary/aromatic N) is 2. The molecule has 1 aromatic heterocycles. The molecule has 0 unspecified atom stereocenters. The van der Waals surface area contributed by atoms with Crippen molar-refractivity contribution in [2.75, 3.05) is 0 Å². The molecule has 0 saturated heterocycles. The summed E-state index contributed by atoms with van der Waals surface area (Å²) in [6.45, 7) is 0. The molecule has 3 rings (SSSR count). The van der Waals surface area contributed by atoms with Crippen molar-refractivity contribution >= 4 is 11.6 Å². The minimum atomic E-state index is -0.391. The van der Waals surface area contributed by atoms with E-state index in [0.29, 0.717) is 29.8 Å². The van der Waals surface area contributed by atoms with Gasteiger partial charge in [0.05, 0.1) is 6.42 Å². The molecule has 114 valence electrons. The number of Topliss-reactive ketones (excluding diaryl/α,β-unsaturated/α-hetero) is 2. The second-order valence-corrected chi connectivity index (χ2v) is 5.57. The van der Waals surface area contributed by atoms with Gasteiger partial charge in [0.15, 0.2) is 5.78 Å². The molecular formula is C16H16FN3O2. The summed E-state index contributed by atoms with van der Waals surface area (Å²) in [5, 5.41) is 6.49. The fourth-order valence-electron chi connectivity index (χ4n) is 2.45. The predicted octanol–water partition coefficient (Wildman–Crippen LogP) is 2.28. The number of carbonyl (C=O) groups excluding carboxylic acids is 2. The highest BCUT2D eigenvalue weighted by Crippen LogP contribution is 2.31. The van der Waals surface area contributed by atoms with Crippen molar-refractivity contribution in [2.24, 2.45) is 5.92 Å². The number of aryl methyl sites for hydroxylation is 2. The van der Waals surface area contributed by atoms with E-state index in [1.807, 2.05) is 0 Å². The van der Waals surface area contributed by atoms with Gasteiger partial charge in [-0.05, 0) is 43.0 Å². The summed E-state index contributed by atoms with van der Waals surface area (Å²) in [6, 6.07) is 4.07. The van der Waals surface area contributed by atoms with Crippen molar-refractivity contribution in [3.05, 3.63) is 47.3 Å². The summed E-state index contributed by atoms with van der Waals surface area (Å²) >= 11 is 0. The molecule has 1 heterocycles. The zero-order chi connectivity index (χ0) is 15.5. The van der Waals surface area contributed by atoms with Crippen LogP contribution in [0.3, 0.4) is 0 Å². The summed E-state index contributed by atoms with van der Waals surface area (Å²) in [5.74, 6) is 0.108. The monoisotopic (exact) mass is 301 g/mol. The Kier molecular flexibility index (Phi) is 4.09.